The molecule has 0 radical (unpaired) electrons. The van der Waals surface area contributed by atoms with Gasteiger partial charge in [-0.1, -0.05) is 6.07 Å². The van der Waals surface area contributed by atoms with Crippen LogP contribution in [0.4, 0.5) is 8.78 Å². The molecule has 0 aliphatic carbocycles. The molecule has 0 unspecified atom stereocenters. The Morgan fingerprint density at radius 2 is 1.69 bits per heavy atom. The minimum absolute atomic E-state index is 0.0879. The van der Waals surface area contributed by atoms with Crippen LogP contribution >= 0.6 is 0 Å². The van der Waals surface area contributed by atoms with Crippen molar-refractivity contribution in [1.29, 1.82) is 0 Å². The first-order valence-electron chi connectivity index (χ1n) is 3.48. The Balaban J connectivity index is 3.53. The van der Waals surface area contributed by atoms with E-state index in [1.807, 2.05) is 0 Å². The largest absolute Gasteiger partial charge is 0.224 e. The maximum atomic E-state index is 13.0. The van der Waals surface area contributed by atoms with Crippen LogP contribution in [0, 0.1) is 18.6 Å². The van der Waals surface area contributed by atoms with Crippen LogP contribution in [0.3, 0.4) is 0 Å². The van der Waals surface area contributed by atoms with Gasteiger partial charge in [0.1, 0.15) is 4.90 Å². The quantitative estimate of drug-likeness (QED) is 0.700. The Bertz CT molecular complexity index is 438. The molecular formula is C8H8F2O2S. The summed E-state index contributed by atoms with van der Waals surface area (Å²) in [6.45, 7) is 1.37. The molecule has 5 heteroatoms. The number of hydrogen-bond acceptors (Lipinski definition) is 2. The van der Waals surface area contributed by atoms with Crippen LogP contribution in [0.2, 0.25) is 0 Å². The number of aryl methyl sites for hydroxylation is 1. The van der Waals surface area contributed by atoms with Gasteiger partial charge in [-0.05, 0) is 18.6 Å². The molecule has 1 aromatic rings. The Morgan fingerprint density at radius 1 is 1.15 bits per heavy atom. The third-order valence-electron chi connectivity index (χ3n) is 1.64. The van der Waals surface area contributed by atoms with Gasteiger partial charge in [0.2, 0.25) is 0 Å². The van der Waals surface area contributed by atoms with Gasteiger partial charge in [-0.15, -0.1) is 0 Å². The predicted molar refractivity (Wildman–Crippen MR) is 44.2 cm³/mol. The van der Waals surface area contributed by atoms with Crippen molar-refractivity contribution in [3.05, 3.63) is 29.3 Å². The van der Waals surface area contributed by atoms with Gasteiger partial charge >= 0.3 is 0 Å². The second-order valence-electron chi connectivity index (χ2n) is 2.78. The van der Waals surface area contributed by atoms with Gasteiger partial charge in [0.05, 0.1) is 0 Å². The third-order valence-corrected chi connectivity index (χ3v) is 2.75. The molecule has 0 amide bonds. The lowest BCUT2D eigenvalue weighted by molar-refractivity contribution is 0.480. The first kappa shape index (κ1) is 10.1. The zero-order chi connectivity index (χ0) is 10.2. The number of halogens is 2. The van der Waals surface area contributed by atoms with E-state index < -0.39 is 26.4 Å². The number of rotatable bonds is 1. The van der Waals surface area contributed by atoms with Crippen molar-refractivity contribution in [1.82, 2.24) is 0 Å². The van der Waals surface area contributed by atoms with Crippen molar-refractivity contribution in [2.24, 2.45) is 0 Å². The van der Waals surface area contributed by atoms with Crippen molar-refractivity contribution >= 4 is 9.84 Å². The van der Waals surface area contributed by atoms with E-state index in [1.54, 1.807) is 0 Å². The topological polar surface area (TPSA) is 34.1 Å². The van der Waals surface area contributed by atoms with E-state index >= 15 is 0 Å². The summed E-state index contributed by atoms with van der Waals surface area (Å²) in [6.07, 6.45) is 0.834. The second kappa shape index (κ2) is 3.06. The number of sulfone groups is 1. The van der Waals surface area contributed by atoms with E-state index in [9.17, 15) is 17.2 Å². The molecule has 0 saturated heterocycles. The fourth-order valence-corrected chi connectivity index (χ4v) is 1.65. The average molecular weight is 206 g/mol. The molecule has 0 aliphatic rings. The molecule has 0 fully saturated rings. The number of hydrogen-bond donors (Lipinski definition) is 0. The number of benzene rings is 1. The van der Waals surface area contributed by atoms with Crippen LogP contribution < -0.4 is 0 Å². The van der Waals surface area contributed by atoms with E-state index in [4.69, 9.17) is 0 Å². The molecule has 72 valence electrons. The van der Waals surface area contributed by atoms with Gasteiger partial charge in [0, 0.05) is 6.26 Å². The standard InChI is InChI=1S/C8H8F2O2S/c1-5-3-4-6(13(2,11)12)8(10)7(5)9/h3-4H,1-2H3. The molecule has 0 heterocycles. The lowest BCUT2D eigenvalue weighted by Crippen LogP contribution is -2.03. The van der Waals surface area contributed by atoms with Gasteiger partial charge in [0.15, 0.2) is 21.5 Å². The van der Waals surface area contributed by atoms with Crippen molar-refractivity contribution < 1.29 is 17.2 Å². The Morgan fingerprint density at radius 3 is 2.15 bits per heavy atom. The molecule has 13 heavy (non-hydrogen) atoms. The van der Waals surface area contributed by atoms with Crippen LogP contribution in [-0.2, 0) is 9.84 Å². The Hall–Kier alpha value is -0.970. The van der Waals surface area contributed by atoms with Crippen molar-refractivity contribution in [3.8, 4) is 0 Å². The van der Waals surface area contributed by atoms with E-state index in [0.717, 1.165) is 12.3 Å². The molecule has 0 atom stereocenters. The zero-order valence-electron chi connectivity index (χ0n) is 7.14. The van der Waals surface area contributed by atoms with Gasteiger partial charge in [-0.25, -0.2) is 17.2 Å². The van der Waals surface area contributed by atoms with Gasteiger partial charge in [-0.3, -0.25) is 0 Å². The van der Waals surface area contributed by atoms with Crippen LogP contribution in [0.25, 0.3) is 0 Å². The summed E-state index contributed by atoms with van der Waals surface area (Å²) in [5.41, 5.74) is 0.0879. The van der Waals surface area contributed by atoms with E-state index in [2.05, 4.69) is 0 Å². The fourth-order valence-electron chi connectivity index (χ4n) is 0.915. The van der Waals surface area contributed by atoms with Crippen molar-refractivity contribution in [2.45, 2.75) is 11.8 Å². The summed E-state index contributed by atoms with van der Waals surface area (Å²) in [5, 5.41) is 0. The maximum absolute atomic E-state index is 13.0. The lowest BCUT2D eigenvalue weighted by Gasteiger charge is -2.02. The summed E-state index contributed by atoms with van der Waals surface area (Å²) in [7, 11) is -3.69. The molecule has 1 aromatic carbocycles. The Kier molecular flexibility index (Phi) is 2.38. The second-order valence-corrected chi connectivity index (χ2v) is 4.76. The minimum atomic E-state index is -3.69. The first-order chi connectivity index (χ1) is 5.84. The summed E-state index contributed by atoms with van der Waals surface area (Å²) < 4.78 is 47.7. The van der Waals surface area contributed by atoms with Crippen molar-refractivity contribution in [3.63, 3.8) is 0 Å². The molecule has 2 nitrogen and oxygen atoms in total. The van der Waals surface area contributed by atoms with Crippen LogP contribution in [0.5, 0.6) is 0 Å². The van der Waals surface area contributed by atoms with Gasteiger partial charge < -0.3 is 0 Å². The van der Waals surface area contributed by atoms with Crippen LogP contribution in [0.15, 0.2) is 17.0 Å². The van der Waals surface area contributed by atoms with Crippen LogP contribution in [0.1, 0.15) is 5.56 Å². The molecule has 0 bridgehead atoms. The molecule has 0 aliphatic heterocycles. The summed E-state index contributed by atoms with van der Waals surface area (Å²) in [5.74, 6) is -2.41. The minimum Gasteiger partial charge on any atom is -0.224 e. The molecule has 0 spiro atoms. The van der Waals surface area contributed by atoms with Crippen molar-refractivity contribution in [2.75, 3.05) is 6.26 Å². The average Bonchev–Trinajstić information content (AvgIpc) is 1.98. The van der Waals surface area contributed by atoms with E-state index in [1.165, 1.54) is 13.0 Å². The SMILES string of the molecule is Cc1ccc(S(C)(=O)=O)c(F)c1F. The molecule has 0 N–H and O–H groups in total. The van der Waals surface area contributed by atoms with Gasteiger partial charge in [-0.2, -0.15) is 0 Å². The molecular weight excluding hydrogens is 198 g/mol. The normalized spacial score (nSPS) is 11.7. The molecule has 0 saturated carbocycles. The highest BCUT2D eigenvalue weighted by molar-refractivity contribution is 7.90. The lowest BCUT2D eigenvalue weighted by atomic mass is 10.2. The summed E-state index contributed by atoms with van der Waals surface area (Å²) >= 11 is 0. The monoisotopic (exact) mass is 206 g/mol. The Labute approximate surface area is 75.1 Å². The highest BCUT2D eigenvalue weighted by Gasteiger charge is 2.18. The molecule has 0 aromatic heterocycles. The van der Waals surface area contributed by atoms with Crippen LogP contribution in [-0.4, -0.2) is 14.7 Å². The zero-order valence-corrected chi connectivity index (χ0v) is 7.95. The highest BCUT2D eigenvalue weighted by atomic mass is 32.2. The van der Waals surface area contributed by atoms with Gasteiger partial charge in [0.25, 0.3) is 0 Å². The van der Waals surface area contributed by atoms with E-state index in [-0.39, 0.29) is 5.56 Å². The third kappa shape index (κ3) is 1.85. The predicted octanol–water partition coefficient (Wildman–Crippen LogP) is 1.68. The highest BCUT2D eigenvalue weighted by Crippen LogP contribution is 2.19. The molecule has 1 rings (SSSR count). The van der Waals surface area contributed by atoms with E-state index in [0.29, 0.717) is 0 Å². The first-order valence-corrected chi connectivity index (χ1v) is 5.38. The summed E-state index contributed by atoms with van der Waals surface area (Å²) in [6, 6.07) is 2.29. The smallest absolute Gasteiger partial charge is 0.178 e. The maximum Gasteiger partial charge on any atom is 0.178 e. The summed E-state index contributed by atoms with van der Waals surface area (Å²) in [4.78, 5) is -0.601. The fraction of sp³-hybridized carbons (Fsp3) is 0.250.